The summed E-state index contributed by atoms with van der Waals surface area (Å²) in [6, 6.07) is 12.2. The van der Waals surface area contributed by atoms with E-state index >= 15 is 0 Å². The molecule has 7 nitrogen and oxygen atoms in total. The lowest BCUT2D eigenvalue weighted by Gasteiger charge is -2.25. The Labute approximate surface area is 206 Å². The van der Waals surface area contributed by atoms with Crippen LogP contribution in [0, 0.1) is 0 Å². The van der Waals surface area contributed by atoms with E-state index in [0.717, 1.165) is 5.56 Å². The first-order chi connectivity index (χ1) is 16.3. The number of methoxy groups -OCH3 is 2. The van der Waals surface area contributed by atoms with Crippen LogP contribution in [-0.2, 0) is 16.1 Å². The van der Waals surface area contributed by atoms with Crippen LogP contribution in [-0.4, -0.2) is 40.9 Å². The Morgan fingerprint density at radius 2 is 1.79 bits per heavy atom. The van der Waals surface area contributed by atoms with Gasteiger partial charge in [0.2, 0.25) is 0 Å². The highest BCUT2D eigenvalue weighted by molar-refractivity contribution is 6.46. The van der Waals surface area contributed by atoms with Gasteiger partial charge in [0.15, 0.2) is 11.5 Å². The largest absolute Gasteiger partial charge is 0.507 e. The minimum Gasteiger partial charge on any atom is -0.507 e. The predicted molar refractivity (Wildman–Crippen MR) is 128 cm³/mol. The number of Topliss-reactive ketones (excluding diaryl/α,β-unsaturated/α-hetero) is 1. The quantitative estimate of drug-likeness (QED) is 0.291. The monoisotopic (exact) mass is 498 g/mol. The zero-order valence-corrected chi connectivity index (χ0v) is 19.8. The van der Waals surface area contributed by atoms with Crippen LogP contribution in [0.15, 0.2) is 66.5 Å². The molecule has 3 aromatic rings. The molecule has 1 amide bonds. The number of hydrogen-bond donors (Lipinski definition) is 1. The summed E-state index contributed by atoms with van der Waals surface area (Å²) in [5.74, 6) is -1.09. The van der Waals surface area contributed by atoms with Gasteiger partial charge < -0.3 is 19.5 Å². The lowest BCUT2D eigenvalue weighted by atomic mass is 9.95. The molecule has 1 saturated heterocycles. The Hall–Kier alpha value is -3.55. The summed E-state index contributed by atoms with van der Waals surface area (Å²) >= 11 is 12.3. The number of likely N-dealkylation sites (tertiary alicyclic amines) is 1. The molecule has 0 saturated carbocycles. The highest BCUT2D eigenvalue weighted by atomic mass is 35.5. The van der Waals surface area contributed by atoms with Gasteiger partial charge in [-0.25, -0.2) is 0 Å². The second kappa shape index (κ2) is 9.75. The lowest BCUT2D eigenvalue weighted by molar-refractivity contribution is -0.140. The number of aliphatic hydroxyl groups is 1. The third-order valence-electron chi connectivity index (χ3n) is 5.53. The fraction of sp³-hybridized carbons (Fsp3) is 0.160. The number of carbonyl (C=O) groups is 2. The Bertz CT molecular complexity index is 1290. The van der Waals surface area contributed by atoms with Crippen molar-refractivity contribution >= 4 is 40.7 Å². The molecular formula is C25H20Cl2N2O5. The molecule has 174 valence electrons. The van der Waals surface area contributed by atoms with Gasteiger partial charge in [-0.2, -0.15) is 0 Å². The first kappa shape index (κ1) is 23.6. The number of amides is 1. The topological polar surface area (TPSA) is 89.0 Å². The number of benzene rings is 2. The molecule has 1 unspecified atom stereocenters. The summed E-state index contributed by atoms with van der Waals surface area (Å²) in [4.78, 5) is 31.8. The van der Waals surface area contributed by atoms with E-state index in [1.165, 1.54) is 25.2 Å². The number of aromatic nitrogens is 1. The molecule has 9 heteroatoms. The van der Waals surface area contributed by atoms with Crippen molar-refractivity contribution in [2.24, 2.45) is 0 Å². The second-order valence-corrected chi connectivity index (χ2v) is 8.35. The molecule has 1 aliphatic heterocycles. The first-order valence-corrected chi connectivity index (χ1v) is 11.0. The highest BCUT2D eigenvalue weighted by Crippen LogP contribution is 2.42. The molecule has 2 heterocycles. The zero-order valence-electron chi connectivity index (χ0n) is 18.3. The van der Waals surface area contributed by atoms with E-state index in [9.17, 15) is 14.7 Å². The lowest BCUT2D eigenvalue weighted by Crippen LogP contribution is -2.29. The van der Waals surface area contributed by atoms with E-state index in [0.29, 0.717) is 27.6 Å². The van der Waals surface area contributed by atoms with E-state index in [2.05, 4.69) is 4.98 Å². The van der Waals surface area contributed by atoms with Crippen LogP contribution in [0.1, 0.15) is 22.7 Å². The van der Waals surface area contributed by atoms with Gasteiger partial charge in [-0.1, -0.05) is 35.3 Å². The summed E-state index contributed by atoms with van der Waals surface area (Å²) in [6.07, 6.45) is 3.23. The molecule has 1 aromatic heterocycles. The minimum absolute atomic E-state index is 0.0699. The maximum Gasteiger partial charge on any atom is 0.295 e. The molecular weight excluding hydrogens is 479 g/mol. The molecule has 1 atom stereocenters. The fourth-order valence-electron chi connectivity index (χ4n) is 3.90. The van der Waals surface area contributed by atoms with E-state index in [1.807, 2.05) is 0 Å². The van der Waals surface area contributed by atoms with Gasteiger partial charge in [0.1, 0.15) is 5.76 Å². The molecule has 0 radical (unpaired) electrons. The average molecular weight is 499 g/mol. The number of ether oxygens (including phenoxy) is 2. The van der Waals surface area contributed by atoms with Crippen molar-refractivity contribution in [3.63, 3.8) is 0 Å². The Morgan fingerprint density at radius 1 is 1.03 bits per heavy atom. The minimum atomic E-state index is -0.900. The second-order valence-electron chi connectivity index (χ2n) is 7.53. The molecule has 34 heavy (non-hydrogen) atoms. The van der Waals surface area contributed by atoms with E-state index < -0.39 is 17.7 Å². The number of rotatable bonds is 6. The summed E-state index contributed by atoms with van der Waals surface area (Å²) in [5, 5.41) is 11.8. The normalized spacial score (nSPS) is 17.2. The highest BCUT2D eigenvalue weighted by Gasteiger charge is 2.46. The summed E-state index contributed by atoms with van der Waals surface area (Å²) in [6.45, 7) is 0.103. The molecule has 0 aliphatic carbocycles. The van der Waals surface area contributed by atoms with Crippen molar-refractivity contribution in [3.8, 4) is 11.5 Å². The van der Waals surface area contributed by atoms with E-state index in [1.54, 1.807) is 54.9 Å². The van der Waals surface area contributed by atoms with Crippen molar-refractivity contribution in [3.05, 3.63) is 93.2 Å². The summed E-state index contributed by atoms with van der Waals surface area (Å²) in [5.41, 5.74) is 1.47. The first-order valence-electron chi connectivity index (χ1n) is 10.2. The van der Waals surface area contributed by atoms with Crippen molar-refractivity contribution in [2.75, 3.05) is 14.2 Å². The average Bonchev–Trinajstić information content (AvgIpc) is 3.10. The van der Waals surface area contributed by atoms with Crippen molar-refractivity contribution in [2.45, 2.75) is 12.6 Å². The maximum atomic E-state index is 13.2. The predicted octanol–water partition coefficient (Wildman–Crippen LogP) is 5.03. The molecule has 2 aromatic carbocycles. The number of pyridine rings is 1. The SMILES string of the molecule is COc1ccc(C(O)=C2C(=O)C(=O)N(Cc3cccnc3)C2c2ccc(Cl)c(Cl)c2)cc1OC. The van der Waals surface area contributed by atoms with Crippen LogP contribution in [0.4, 0.5) is 0 Å². The molecule has 1 fully saturated rings. The van der Waals surface area contributed by atoms with Crippen LogP contribution in [0.2, 0.25) is 10.0 Å². The molecule has 0 bridgehead atoms. The number of carbonyl (C=O) groups excluding carboxylic acids is 2. The Balaban J connectivity index is 1.89. The van der Waals surface area contributed by atoms with E-state index in [-0.39, 0.29) is 22.9 Å². The standard InChI is InChI=1S/C25H20Cl2N2O5/c1-33-19-8-6-16(11-20(19)34-2)23(30)21-22(15-5-7-17(26)18(27)10-15)29(25(32)24(21)31)13-14-4-3-9-28-12-14/h3-12,22,30H,13H2,1-2H3. The van der Waals surface area contributed by atoms with Crippen molar-refractivity contribution in [1.29, 1.82) is 0 Å². The van der Waals surface area contributed by atoms with Crippen LogP contribution >= 0.6 is 23.2 Å². The van der Waals surface area contributed by atoms with Gasteiger partial charge in [-0.3, -0.25) is 14.6 Å². The van der Waals surface area contributed by atoms with Crippen LogP contribution in [0.5, 0.6) is 11.5 Å². The number of hydrogen-bond acceptors (Lipinski definition) is 6. The Kier molecular flexibility index (Phi) is 6.77. The summed E-state index contributed by atoms with van der Waals surface area (Å²) < 4.78 is 10.6. The van der Waals surface area contributed by atoms with Gasteiger partial charge >= 0.3 is 0 Å². The maximum absolute atomic E-state index is 13.2. The summed E-state index contributed by atoms with van der Waals surface area (Å²) in [7, 11) is 2.95. The van der Waals surface area contributed by atoms with Gasteiger partial charge in [0, 0.05) is 24.5 Å². The third-order valence-corrected chi connectivity index (χ3v) is 6.27. The van der Waals surface area contributed by atoms with Crippen LogP contribution in [0.3, 0.4) is 0 Å². The smallest absolute Gasteiger partial charge is 0.295 e. The zero-order chi connectivity index (χ0) is 24.4. The fourth-order valence-corrected chi connectivity index (χ4v) is 4.21. The van der Waals surface area contributed by atoms with Crippen LogP contribution in [0.25, 0.3) is 5.76 Å². The molecule has 0 spiro atoms. The molecule has 4 rings (SSSR count). The van der Waals surface area contributed by atoms with E-state index in [4.69, 9.17) is 32.7 Å². The number of ketones is 1. The number of aliphatic hydroxyl groups excluding tert-OH is 1. The molecule has 1 aliphatic rings. The number of halogens is 2. The number of nitrogens with zero attached hydrogens (tertiary/aromatic N) is 2. The van der Waals surface area contributed by atoms with Gasteiger partial charge in [0.25, 0.3) is 11.7 Å². The Morgan fingerprint density at radius 3 is 2.44 bits per heavy atom. The van der Waals surface area contributed by atoms with Gasteiger partial charge in [-0.05, 0) is 47.5 Å². The van der Waals surface area contributed by atoms with Crippen LogP contribution < -0.4 is 9.47 Å². The third kappa shape index (κ3) is 4.32. The molecule has 1 N–H and O–H groups in total. The van der Waals surface area contributed by atoms with Crippen molar-refractivity contribution < 1.29 is 24.2 Å². The van der Waals surface area contributed by atoms with Gasteiger partial charge in [0.05, 0.1) is 35.9 Å². The van der Waals surface area contributed by atoms with Gasteiger partial charge in [-0.15, -0.1) is 0 Å². The van der Waals surface area contributed by atoms with Crippen molar-refractivity contribution in [1.82, 2.24) is 9.88 Å².